The first-order chi connectivity index (χ1) is 9.32. The minimum atomic E-state index is -3.55. The Morgan fingerprint density at radius 3 is 2.40 bits per heavy atom. The van der Waals surface area contributed by atoms with Gasteiger partial charge in [-0.3, -0.25) is 4.79 Å². The molecule has 0 unspecified atom stereocenters. The standard InChI is InChI=1S/C13H19N3O3S/c1-9-2-3-11(8-12(9)14)20(18,19)16-6-4-10(5-7-16)13(15)17/h2-3,8,10H,4-7,14H2,1H3,(H2,15,17). The van der Waals surface area contributed by atoms with Crippen LogP contribution in [0.25, 0.3) is 0 Å². The predicted molar refractivity (Wildman–Crippen MR) is 76.3 cm³/mol. The molecule has 2 rings (SSSR count). The highest BCUT2D eigenvalue weighted by atomic mass is 32.2. The second kappa shape index (κ2) is 5.41. The molecular formula is C13H19N3O3S. The van der Waals surface area contributed by atoms with E-state index < -0.39 is 10.0 Å². The highest BCUT2D eigenvalue weighted by molar-refractivity contribution is 7.89. The Bertz CT molecular complexity index is 620. The minimum Gasteiger partial charge on any atom is -0.398 e. The van der Waals surface area contributed by atoms with Gasteiger partial charge in [0, 0.05) is 24.7 Å². The largest absolute Gasteiger partial charge is 0.398 e. The molecule has 1 heterocycles. The molecule has 1 aliphatic heterocycles. The second-order valence-electron chi connectivity index (χ2n) is 5.10. The van der Waals surface area contributed by atoms with Crippen LogP contribution in [0, 0.1) is 12.8 Å². The molecule has 1 aromatic rings. The molecule has 0 bridgehead atoms. The summed E-state index contributed by atoms with van der Waals surface area (Å²) in [5, 5.41) is 0. The van der Waals surface area contributed by atoms with E-state index in [1.807, 2.05) is 6.92 Å². The van der Waals surface area contributed by atoms with E-state index in [0.717, 1.165) is 5.56 Å². The highest BCUT2D eigenvalue weighted by Crippen LogP contribution is 2.25. The van der Waals surface area contributed by atoms with Gasteiger partial charge >= 0.3 is 0 Å². The molecule has 1 aliphatic rings. The van der Waals surface area contributed by atoms with Crippen LogP contribution in [0.3, 0.4) is 0 Å². The number of aryl methyl sites for hydroxylation is 1. The van der Waals surface area contributed by atoms with Gasteiger partial charge in [0.2, 0.25) is 15.9 Å². The summed E-state index contributed by atoms with van der Waals surface area (Å²) in [7, 11) is -3.55. The molecule has 1 aromatic carbocycles. The first-order valence-electron chi connectivity index (χ1n) is 6.48. The molecule has 1 amide bonds. The number of hydrogen-bond acceptors (Lipinski definition) is 4. The molecule has 0 spiro atoms. The lowest BCUT2D eigenvalue weighted by atomic mass is 9.98. The third-order valence-corrected chi connectivity index (χ3v) is 5.64. The zero-order valence-corrected chi connectivity index (χ0v) is 12.2. The fourth-order valence-corrected chi connectivity index (χ4v) is 3.81. The van der Waals surface area contributed by atoms with Gasteiger partial charge in [0.05, 0.1) is 4.90 Å². The maximum Gasteiger partial charge on any atom is 0.243 e. The third-order valence-electron chi connectivity index (χ3n) is 3.74. The molecule has 0 radical (unpaired) electrons. The first-order valence-corrected chi connectivity index (χ1v) is 7.92. The zero-order chi connectivity index (χ0) is 14.9. The second-order valence-corrected chi connectivity index (χ2v) is 7.04. The first kappa shape index (κ1) is 14.8. The number of benzene rings is 1. The Labute approximate surface area is 118 Å². The van der Waals surface area contributed by atoms with Crippen LogP contribution in [0.4, 0.5) is 5.69 Å². The maximum atomic E-state index is 12.5. The van der Waals surface area contributed by atoms with E-state index in [0.29, 0.717) is 31.6 Å². The van der Waals surface area contributed by atoms with Crippen LogP contribution >= 0.6 is 0 Å². The monoisotopic (exact) mass is 297 g/mol. The molecule has 110 valence electrons. The van der Waals surface area contributed by atoms with Crippen molar-refractivity contribution in [3.8, 4) is 0 Å². The smallest absolute Gasteiger partial charge is 0.243 e. The van der Waals surface area contributed by atoms with Gasteiger partial charge in [-0.05, 0) is 37.5 Å². The van der Waals surface area contributed by atoms with E-state index in [2.05, 4.69) is 0 Å². The Kier molecular flexibility index (Phi) is 4.01. The Morgan fingerprint density at radius 2 is 1.90 bits per heavy atom. The number of piperidine rings is 1. The number of nitrogens with zero attached hydrogens (tertiary/aromatic N) is 1. The van der Waals surface area contributed by atoms with Crippen LogP contribution in [0.1, 0.15) is 18.4 Å². The number of primary amides is 1. The van der Waals surface area contributed by atoms with E-state index in [1.54, 1.807) is 12.1 Å². The van der Waals surface area contributed by atoms with Crippen molar-refractivity contribution in [3.63, 3.8) is 0 Å². The van der Waals surface area contributed by atoms with Gasteiger partial charge < -0.3 is 11.5 Å². The summed E-state index contributed by atoms with van der Waals surface area (Å²) in [6.45, 7) is 2.44. The van der Waals surface area contributed by atoms with Crippen molar-refractivity contribution in [3.05, 3.63) is 23.8 Å². The van der Waals surface area contributed by atoms with Gasteiger partial charge in [0.15, 0.2) is 0 Å². The number of amides is 1. The van der Waals surface area contributed by atoms with Gasteiger partial charge in [-0.1, -0.05) is 6.07 Å². The molecule has 20 heavy (non-hydrogen) atoms. The van der Waals surface area contributed by atoms with Crippen molar-refractivity contribution in [2.45, 2.75) is 24.7 Å². The summed E-state index contributed by atoms with van der Waals surface area (Å²) >= 11 is 0. The lowest BCUT2D eigenvalue weighted by Crippen LogP contribution is -2.41. The van der Waals surface area contributed by atoms with Crippen LogP contribution in [0.15, 0.2) is 23.1 Å². The average molecular weight is 297 g/mol. The fourth-order valence-electron chi connectivity index (χ4n) is 2.31. The molecule has 6 nitrogen and oxygen atoms in total. The van der Waals surface area contributed by atoms with Crippen LogP contribution in [-0.2, 0) is 14.8 Å². The molecule has 1 fully saturated rings. The predicted octanol–water partition coefficient (Wildman–Crippen LogP) is 0.463. The zero-order valence-electron chi connectivity index (χ0n) is 11.4. The molecule has 0 saturated carbocycles. The number of carbonyl (C=O) groups is 1. The van der Waals surface area contributed by atoms with Crippen molar-refractivity contribution in [2.75, 3.05) is 18.8 Å². The number of nitrogens with two attached hydrogens (primary N) is 2. The quantitative estimate of drug-likeness (QED) is 0.790. The molecule has 0 aromatic heterocycles. The number of nitrogen functional groups attached to an aromatic ring is 1. The van der Waals surface area contributed by atoms with Crippen molar-refractivity contribution < 1.29 is 13.2 Å². The Morgan fingerprint density at radius 1 is 1.30 bits per heavy atom. The van der Waals surface area contributed by atoms with E-state index in [1.165, 1.54) is 10.4 Å². The number of anilines is 1. The topological polar surface area (TPSA) is 106 Å². The minimum absolute atomic E-state index is 0.193. The normalized spacial score (nSPS) is 18.1. The molecule has 4 N–H and O–H groups in total. The number of carbonyl (C=O) groups excluding carboxylic acids is 1. The van der Waals surface area contributed by atoms with Crippen LogP contribution < -0.4 is 11.5 Å². The molecule has 0 atom stereocenters. The average Bonchev–Trinajstić information content (AvgIpc) is 2.41. The van der Waals surface area contributed by atoms with E-state index in [9.17, 15) is 13.2 Å². The van der Waals surface area contributed by atoms with E-state index >= 15 is 0 Å². The SMILES string of the molecule is Cc1ccc(S(=O)(=O)N2CCC(C(N)=O)CC2)cc1N. The van der Waals surface area contributed by atoms with E-state index in [4.69, 9.17) is 11.5 Å². The van der Waals surface area contributed by atoms with Crippen LogP contribution in [0.5, 0.6) is 0 Å². The number of rotatable bonds is 3. The maximum absolute atomic E-state index is 12.5. The van der Waals surface area contributed by atoms with E-state index in [-0.39, 0.29) is 16.7 Å². The third kappa shape index (κ3) is 2.78. The molecule has 1 saturated heterocycles. The van der Waals surface area contributed by atoms with Crippen molar-refractivity contribution in [2.24, 2.45) is 11.7 Å². The van der Waals surface area contributed by atoms with Gasteiger partial charge in [-0.2, -0.15) is 4.31 Å². The number of hydrogen-bond donors (Lipinski definition) is 2. The molecule has 7 heteroatoms. The summed E-state index contributed by atoms with van der Waals surface area (Å²) in [4.78, 5) is 11.3. The summed E-state index contributed by atoms with van der Waals surface area (Å²) in [5.41, 5.74) is 12.3. The summed E-state index contributed by atoms with van der Waals surface area (Å²) in [6, 6.07) is 4.73. The van der Waals surface area contributed by atoms with Gasteiger partial charge in [0.1, 0.15) is 0 Å². The van der Waals surface area contributed by atoms with Gasteiger partial charge in [-0.25, -0.2) is 8.42 Å². The van der Waals surface area contributed by atoms with Gasteiger partial charge in [0.25, 0.3) is 0 Å². The highest BCUT2D eigenvalue weighted by Gasteiger charge is 2.31. The molecule has 0 aliphatic carbocycles. The summed E-state index contributed by atoms with van der Waals surface area (Å²) in [6.07, 6.45) is 0.936. The van der Waals surface area contributed by atoms with Crippen LogP contribution in [0.2, 0.25) is 0 Å². The summed E-state index contributed by atoms with van der Waals surface area (Å²) < 4.78 is 26.3. The number of sulfonamides is 1. The molecular weight excluding hydrogens is 278 g/mol. The van der Waals surface area contributed by atoms with Crippen LogP contribution in [-0.4, -0.2) is 31.7 Å². The van der Waals surface area contributed by atoms with Crippen molar-refractivity contribution in [1.29, 1.82) is 0 Å². The lowest BCUT2D eigenvalue weighted by Gasteiger charge is -2.29. The Hall–Kier alpha value is -1.60. The summed E-state index contributed by atoms with van der Waals surface area (Å²) in [5.74, 6) is -0.592. The lowest BCUT2D eigenvalue weighted by molar-refractivity contribution is -0.122. The van der Waals surface area contributed by atoms with Crippen molar-refractivity contribution in [1.82, 2.24) is 4.31 Å². The fraction of sp³-hybridized carbons (Fsp3) is 0.462. The Balaban J connectivity index is 2.19. The van der Waals surface area contributed by atoms with Gasteiger partial charge in [-0.15, -0.1) is 0 Å². The van der Waals surface area contributed by atoms with Crippen molar-refractivity contribution >= 4 is 21.6 Å².